The largest absolute Gasteiger partial charge is 0.493 e. The van der Waals surface area contributed by atoms with Crippen molar-refractivity contribution in [2.75, 3.05) is 20.3 Å². The summed E-state index contributed by atoms with van der Waals surface area (Å²) in [6.07, 6.45) is 0. The number of methoxy groups -OCH3 is 1. The lowest BCUT2D eigenvalue weighted by atomic mass is 10.1. The lowest BCUT2D eigenvalue weighted by molar-refractivity contribution is -0.134. The molecule has 29 heavy (non-hydrogen) atoms. The number of rotatable bonds is 5. The van der Waals surface area contributed by atoms with Crippen LogP contribution in [0.15, 0.2) is 23.0 Å². The number of ether oxygens (including phenoxy) is 2. The number of carboxylic acids is 1. The summed E-state index contributed by atoms with van der Waals surface area (Å²) in [5.74, 6) is 0.501. The molecular formula is C19H24N4O6. The Labute approximate surface area is 167 Å². The number of hydrogen-bond donors (Lipinski definition) is 3. The Hall–Kier alpha value is -3.40. The number of H-pyrrole nitrogens is 1. The number of benzene rings is 1. The Bertz CT molecular complexity index is 952. The first-order chi connectivity index (χ1) is 13.8. The monoisotopic (exact) mass is 404 g/mol. The van der Waals surface area contributed by atoms with Gasteiger partial charge in [0.1, 0.15) is 12.4 Å². The number of carbonyl (C=O) groups excluding carboxylic acids is 1. The van der Waals surface area contributed by atoms with Crippen LogP contribution in [0.4, 0.5) is 0 Å². The number of carbonyl (C=O) groups is 2. The molecule has 1 aromatic carbocycles. The maximum Gasteiger partial charge on any atom is 0.300 e. The topological polar surface area (TPSA) is 148 Å². The molecule has 3 rings (SSSR count). The zero-order chi connectivity index (χ0) is 21.6. The summed E-state index contributed by atoms with van der Waals surface area (Å²) in [6, 6.07) is 4.97. The van der Waals surface area contributed by atoms with Crippen LogP contribution in [0.1, 0.15) is 34.4 Å². The molecule has 0 saturated heterocycles. The average Bonchev–Trinajstić information content (AvgIpc) is 3.09. The van der Waals surface area contributed by atoms with Gasteiger partial charge in [-0.2, -0.15) is 0 Å². The summed E-state index contributed by atoms with van der Waals surface area (Å²) in [5.41, 5.74) is 6.89. The Morgan fingerprint density at radius 3 is 2.62 bits per heavy atom. The second kappa shape index (κ2) is 9.69. The van der Waals surface area contributed by atoms with Crippen LogP contribution < -0.4 is 20.8 Å². The van der Waals surface area contributed by atoms with E-state index in [0.717, 1.165) is 6.92 Å². The number of hydrogen-bond acceptors (Lipinski definition) is 7. The molecule has 0 fully saturated rings. The van der Waals surface area contributed by atoms with Gasteiger partial charge in [-0.15, -0.1) is 0 Å². The zero-order valence-corrected chi connectivity index (χ0v) is 16.5. The highest BCUT2D eigenvalue weighted by Crippen LogP contribution is 2.29. The van der Waals surface area contributed by atoms with Crippen LogP contribution in [0.5, 0.6) is 11.5 Å². The van der Waals surface area contributed by atoms with E-state index in [9.17, 15) is 9.59 Å². The van der Waals surface area contributed by atoms with Gasteiger partial charge in [-0.05, 0) is 25.1 Å². The third-order valence-electron chi connectivity index (χ3n) is 3.98. The summed E-state index contributed by atoms with van der Waals surface area (Å²) in [7, 11) is 1.53. The predicted molar refractivity (Wildman–Crippen MR) is 104 cm³/mol. The second-order valence-electron chi connectivity index (χ2n) is 6.26. The summed E-state index contributed by atoms with van der Waals surface area (Å²) in [4.78, 5) is 42.4. The summed E-state index contributed by atoms with van der Waals surface area (Å²) >= 11 is 0. The highest BCUT2D eigenvalue weighted by atomic mass is 16.5. The van der Waals surface area contributed by atoms with Gasteiger partial charge in [0, 0.05) is 19.0 Å². The Balaban J connectivity index is 0.000000687. The van der Waals surface area contributed by atoms with Crippen LogP contribution in [0.25, 0.3) is 0 Å². The summed E-state index contributed by atoms with van der Waals surface area (Å²) in [6.45, 7) is 4.03. The van der Waals surface area contributed by atoms with Gasteiger partial charge in [0.2, 0.25) is 0 Å². The van der Waals surface area contributed by atoms with Crippen molar-refractivity contribution in [3.63, 3.8) is 0 Å². The van der Waals surface area contributed by atoms with Gasteiger partial charge in [-0.25, -0.2) is 4.98 Å². The van der Waals surface area contributed by atoms with Crippen molar-refractivity contribution in [3.8, 4) is 11.5 Å². The van der Waals surface area contributed by atoms with E-state index in [4.69, 9.17) is 25.1 Å². The predicted octanol–water partition coefficient (Wildman–Crippen LogP) is 0.671. The van der Waals surface area contributed by atoms with Crippen molar-refractivity contribution in [2.45, 2.75) is 26.9 Å². The van der Waals surface area contributed by atoms with Crippen molar-refractivity contribution in [3.05, 3.63) is 51.2 Å². The van der Waals surface area contributed by atoms with Gasteiger partial charge < -0.3 is 30.2 Å². The third kappa shape index (κ3) is 5.55. The van der Waals surface area contributed by atoms with Crippen molar-refractivity contribution >= 4 is 11.9 Å². The standard InChI is InChI=1S/C17H20N4O4.C2H4O2/c1-10-19-13-9-21(8-12(13)16(22)20-10)17(23)11-3-4-14(24-2)15(7-11)25-6-5-18;1-2(3)4/h3-4,7H,5-6,8-9,18H2,1-2H3,(H,19,20,22);1H3,(H,3,4). The van der Waals surface area contributed by atoms with Crippen LogP contribution in [-0.4, -0.2) is 52.1 Å². The van der Waals surface area contributed by atoms with Crippen molar-refractivity contribution in [1.82, 2.24) is 14.9 Å². The Morgan fingerprint density at radius 2 is 2.00 bits per heavy atom. The van der Waals surface area contributed by atoms with Crippen LogP contribution in [0.2, 0.25) is 0 Å². The maximum atomic E-state index is 12.8. The summed E-state index contributed by atoms with van der Waals surface area (Å²) < 4.78 is 10.8. The van der Waals surface area contributed by atoms with E-state index in [1.807, 2.05) is 0 Å². The number of aliphatic carboxylic acids is 1. The summed E-state index contributed by atoms with van der Waals surface area (Å²) in [5, 5.41) is 7.42. The molecule has 1 amide bonds. The highest BCUT2D eigenvalue weighted by Gasteiger charge is 2.28. The van der Waals surface area contributed by atoms with Crippen molar-refractivity contribution in [1.29, 1.82) is 0 Å². The van der Waals surface area contributed by atoms with E-state index in [1.54, 1.807) is 30.0 Å². The minimum Gasteiger partial charge on any atom is -0.493 e. The van der Waals surface area contributed by atoms with Gasteiger partial charge in [-0.3, -0.25) is 14.4 Å². The molecule has 1 aliphatic heterocycles. The van der Waals surface area contributed by atoms with Gasteiger partial charge >= 0.3 is 0 Å². The SMILES string of the molecule is CC(=O)O.COc1ccc(C(=O)N2Cc3nc(C)[nH]c(=O)c3C2)cc1OCCN. The van der Waals surface area contributed by atoms with Crippen LogP contribution in [0, 0.1) is 6.92 Å². The number of aromatic amines is 1. The lowest BCUT2D eigenvalue weighted by Gasteiger charge is -2.17. The molecule has 0 aliphatic carbocycles. The van der Waals surface area contributed by atoms with E-state index in [-0.39, 0.29) is 18.0 Å². The Kier molecular flexibility index (Phi) is 7.32. The molecule has 10 nitrogen and oxygen atoms in total. The fourth-order valence-electron chi connectivity index (χ4n) is 2.81. The molecule has 2 heterocycles. The van der Waals surface area contributed by atoms with Crippen molar-refractivity contribution < 1.29 is 24.2 Å². The maximum absolute atomic E-state index is 12.8. The normalized spacial score (nSPS) is 11.9. The first-order valence-corrected chi connectivity index (χ1v) is 8.85. The third-order valence-corrected chi connectivity index (χ3v) is 3.98. The minimum atomic E-state index is -0.833. The van der Waals surface area contributed by atoms with E-state index < -0.39 is 5.97 Å². The second-order valence-corrected chi connectivity index (χ2v) is 6.26. The van der Waals surface area contributed by atoms with Gasteiger partial charge in [0.25, 0.3) is 17.4 Å². The Morgan fingerprint density at radius 1 is 1.31 bits per heavy atom. The van der Waals surface area contributed by atoms with E-state index in [1.165, 1.54) is 7.11 Å². The van der Waals surface area contributed by atoms with Crippen LogP contribution in [-0.2, 0) is 17.9 Å². The average molecular weight is 404 g/mol. The number of carboxylic acid groups (broad SMARTS) is 1. The minimum absolute atomic E-state index is 0.195. The molecule has 0 saturated carbocycles. The molecule has 0 bridgehead atoms. The fourth-order valence-corrected chi connectivity index (χ4v) is 2.81. The van der Waals surface area contributed by atoms with E-state index in [0.29, 0.717) is 53.8 Å². The lowest BCUT2D eigenvalue weighted by Crippen LogP contribution is -2.26. The molecule has 10 heteroatoms. The van der Waals surface area contributed by atoms with Gasteiger partial charge in [0.15, 0.2) is 11.5 Å². The molecule has 4 N–H and O–H groups in total. The molecule has 2 aromatic rings. The molecule has 0 spiro atoms. The number of nitrogens with zero attached hydrogens (tertiary/aromatic N) is 2. The number of aryl methyl sites for hydroxylation is 1. The van der Waals surface area contributed by atoms with Crippen LogP contribution in [0.3, 0.4) is 0 Å². The molecule has 1 aliphatic rings. The first-order valence-electron chi connectivity index (χ1n) is 8.85. The molecular weight excluding hydrogens is 380 g/mol. The molecule has 156 valence electrons. The molecule has 0 unspecified atom stereocenters. The fraction of sp³-hybridized carbons (Fsp3) is 0.368. The van der Waals surface area contributed by atoms with E-state index >= 15 is 0 Å². The molecule has 0 atom stereocenters. The quantitative estimate of drug-likeness (QED) is 0.659. The molecule has 1 aromatic heterocycles. The first kappa shape index (κ1) is 21.9. The number of nitrogens with two attached hydrogens (primary N) is 1. The number of aromatic nitrogens is 2. The number of amides is 1. The van der Waals surface area contributed by atoms with Crippen LogP contribution >= 0.6 is 0 Å². The van der Waals surface area contributed by atoms with E-state index in [2.05, 4.69) is 9.97 Å². The number of nitrogens with one attached hydrogen (secondary N) is 1. The number of fused-ring (bicyclic) bond motifs is 1. The van der Waals surface area contributed by atoms with Gasteiger partial charge in [-0.1, -0.05) is 0 Å². The molecule has 0 radical (unpaired) electrons. The highest BCUT2D eigenvalue weighted by molar-refractivity contribution is 5.95. The van der Waals surface area contributed by atoms with Crippen molar-refractivity contribution in [2.24, 2.45) is 5.73 Å². The smallest absolute Gasteiger partial charge is 0.300 e. The van der Waals surface area contributed by atoms with Gasteiger partial charge in [0.05, 0.1) is 31.5 Å². The zero-order valence-electron chi connectivity index (χ0n) is 16.5.